The van der Waals surface area contributed by atoms with Gasteiger partial charge in [0.05, 0.1) is 11.1 Å². The normalized spacial score (nSPS) is 13.6. The molecular formula is C16H20O5. The molecule has 1 heterocycles. The Bertz CT molecular complexity index is 663. The predicted octanol–water partition coefficient (Wildman–Crippen LogP) is 3.65. The molecular weight excluding hydrogens is 272 g/mol. The standard InChI is InChI=1S/C16H20O5/c1-7-13(14(8(2)17)9(3)18)12(6)21-16(7)15(10(4)19)11(5)20/h17,19H,1-6H3/b14-8+,15-10+. The van der Waals surface area contributed by atoms with Crippen LogP contribution in [0.2, 0.25) is 0 Å². The molecule has 114 valence electrons. The third-order valence-electron chi connectivity index (χ3n) is 3.23. The maximum atomic E-state index is 11.7. The van der Waals surface area contributed by atoms with Crippen molar-refractivity contribution in [1.29, 1.82) is 0 Å². The van der Waals surface area contributed by atoms with Gasteiger partial charge in [-0.15, -0.1) is 0 Å². The lowest BCUT2D eigenvalue weighted by atomic mass is 9.95. The lowest BCUT2D eigenvalue weighted by molar-refractivity contribution is -0.112. The molecule has 0 fully saturated rings. The quantitative estimate of drug-likeness (QED) is 0.653. The minimum absolute atomic E-state index is 0.0698. The summed E-state index contributed by atoms with van der Waals surface area (Å²) < 4.78 is 5.58. The Labute approximate surface area is 123 Å². The van der Waals surface area contributed by atoms with E-state index in [1.54, 1.807) is 13.8 Å². The highest BCUT2D eigenvalue weighted by Crippen LogP contribution is 2.34. The van der Waals surface area contributed by atoms with E-state index >= 15 is 0 Å². The lowest BCUT2D eigenvalue weighted by Crippen LogP contribution is -2.03. The number of carbonyl (C=O) groups is 2. The second-order valence-corrected chi connectivity index (χ2v) is 5.02. The molecule has 0 amide bonds. The molecule has 0 aliphatic carbocycles. The van der Waals surface area contributed by atoms with Gasteiger partial charge in [-0.2, -0.15) is 0 Å². The minimum Gasteiger partial charge on any atom is -0.512 e. The average molecular weight is 292 g/mol. The molecule has 1 aromatic rings. The Balaban J connectivity index is 3.72. The molecule has 0 aliphatic heterocycles. The number of ketones is 2. The minimum atomic E-state index is -0.340. The van der Waals surface area contributed by atoms with E-state index in [0.717, 1.165) is 0 Å². The first-order valence-corrected chi connectivity index (χ1v) is 6.51. The zero-order valence-corrected chi connectivity index (χ0v) is 13.1. The van der Waals surface area contributed by atoms with Crippen molar-refractivity contribution in [2.75, 3.05) is 0 Å². The van der Waals surface area contributed by atoms with Crippen molar-refractivity contribution in [3.05, 3.63) is 34.2 Å². The number of aliphatic hydroxyl groups excluding tert-OH is 2. The molecule has 0 saturated heterocycles. The highest BCUT2D eigenvalue weighted by atomic mass is 16.3. The predicted molar refractivity (Wildman–Crippen MR) is 80.0 cm³/mol. The summed E-state index contributed by atoms with van der Waals surface area (Å²) >= 11 is 0. The number of allylic oxidation sites excluding steroid dienone is 4. The number of furan rings is 1. The van der Waals surface area contributed by atoms with Gasteiger partial charge in [-0.1, -0.05) is 0 Å². The van der Waals surface area contributed by atoms with Crippen LogP contribution in [0, 0.1) is 13.8 Å². The van der Waals surface area contributed by atoms with Gasteiger partial charge in [0.25, 0.3) is 0 Å². The molecule has 5 nitrogen and oxygen atoms in total. The Kier molecular flexibility index (Phi) is 4.78. The maximum Gasteiger partial charge on any atom is 0.166 e. The van der Waals surface area contributed by atoms with Crippen LogP contribution in [0.15, 0.2) is 15.9 Å². The summed E-state index contributed by atoms with van der Waals surface area (Å²) in [6.07, 6.45) is 0. The molecule has 0 atom stereocenters. The summed E-state index contributed by atoms with van der Waals surface area (Å²) in [5, 5.41) is 19.4. The third-order valence-corrected chi connectivity index (χ3v) is 3.23. The maximum absolute atomic E-state index is 11.7. The first-order chi connectivity index (χ1) is 9.59. The number of aliphatic hydroxyl groups is 2. The highest BCUT2D eigenvalue weighted by Gasteiger charge is 2.26. The van der Waals surface area contributed by atoms with E-state index in [-0.39, 0.29) is 40.0 Å². The van der Waals surface area contributed by atoms with E-state index in [0.29, 0.717) is 16.9 Å². The summed E-state index contributed by atoms with van der Waals surface area (Å²) in [5.41, 5.74) is 1.21. The van der Waals surface area contributed by atoms with Crippen molar-refractivity contribution in [2.45, 2.75) is 41.5 Å². The lowest BCUT2D eigenvalue weighted by Gasteiger charge is -2.06. The molecule has 0 spiro atoms. The Morgan fingerprint density at radius 3 is 1.62 bits per heavy atom. The fraction of sp³-hybridized carbons (Fsp3) is 0.375. The van der Waals surface area contributed by atoms with Crippen molar-refractivity contribution in [1.82, 2.24) is 0 Å². The Hall–Kier alpha value is -2.30. The van der Waals surface area contributed by atoms with Crippen LogP contribution in [0.1, 0.15) is 50.3 Å². The van der Waals surface area contributed by atoms with Gasteiger partial charge in [-0.25, -0.2) is 0 Å². The van der Waals surface area contributed by atoms with Gasteiger partial charge in [0, 0.05) is 11.1 Å². The second-order valence-electron chi connectivity index (χ2n) is 5.02. The number of hydrogen-bond acceptors (Lipinski definition) is 5. The van der Waals surface area contributed by atoms with Crippen LogP contribution >= 0.6 is 0 Å². The van der Waals surface area contributed by atoms with Crippen molar-refractivity contribution in [3.8, 4) is 0 Å². The molecule has 5 heteroatoms. The fourth-order valence-electron chi connectivity index (χ4n) is 2.45. The molecule has 0 unspecified atom stereocenters. The summed E-state index contributed by atoms with van der Waals surface area (Å²) in [6.45, 7) is 8.81. The van der Waals surface area contributed by atoms with Crippen LogP contribution in [0.4, 0.5) is 0 Å². The number of rotatable bonds is 4. The number of hydrogen-bond donors (Lipinski definition) is 2. The van der Waals surface area contributed by atoms with Crippen LogP contribution in [-0.2, 0) is 9.59 Å². The van der Waals surface area contributed by atoms with E-state index in [4.69, 9.17) is 4.42 Å². The SMILES string of the molecule is CC(=O)/C(=C(/C)O)c1oc(C)c(/C(C(C)=O)=C(\C)O)c1C. The second kappa shape index (κ2) is 5.99. The first-order valence-electron chi connectivity index (χ1n) is 6.51. The molecule has 0 aromatic carbocycles. The van der Waals surface area contributed by atoms with Gasteiger partial charge >= 0.3 is 0 Å². The molecule has 1 rings (SSSR count). The highest BCUT2D eigenvalue weighted by molar-refractivity contribution is 6.23. The van der Waals surface area contributed by atoms with E-state index in [1.165, 1.54) is 27.7 Å². The van der Waals surface area contributed by atoms with Crippen LogP contribution < -0.4 is 0 Å². The fourth-order valence-corrected chi connectivity index (χ4v) is 2.45. The molecule has 0 bridgehead atoms. The zero-order chi connectivity index (χ0) is 16.5. The van der Waals surface area contributed by atoms with Gasteiger partial charge in [-0.3, -0.25) is 9.59 Å². The first kappa shape index (κ1) is 16.8. The Morgan fingerprint density at radius 2 is 1.29 bits per heavy atom. The molecule has 0 radical (unpaired) electrons. The van der Waals surface area contributed by atoms with Gasteiger partial charge < -0.3 is 14.6 Å². The Morgan fingerprint density at radius 1 is 0.857 bits per heavy atom. The zero-order valence-electron chi connectivity index (χ0n) is 13.1. The van der Waals surface area contributed by atoms with Crippen LogP contribution in [0.3, 0.4) is 0 Å². The van der Waals surface area contributed by atoms with E-state index in [2.05, 4.69) is 0 Å². The van der Waals surface area contributed by atoms with Crippen LogP contribution in [0.25, 0.3) is 11.1 Å². The van der Waals surface area contributed by atoms with Crippen LogP contribution in [-0.4, -0.2) is 21.8 Å². The summed E-state index contributed by atoms with van der Waals surface area (Å²) in [5.74, 6) is -0.290. The van der Waals surface area contributed by atoms with Crippen molar-refractivity contribution in [3.63, 3.8) is 0 Å². The van der Waals surface area contributed by atoms with Crippen molar-refractivity contribution < 1.29 is 24.2 Å². The molecule has 0 aliphatic rings. The van der Waals surface area contributed by atoms with Crippen molar-refractivity contribution in [2.24, 2.45) is 0 Å². The smallest absolute Gasteiger partial charge is 0.166 e. The van der Waals surface area contributed by atoms with Gasteiger partial charge in [0.2, 0.25) is 0 Å². The molecule has 21 heavy (non-hydrogen) atoms. The summed E-state index contributed by atoms with van der Waals surface area (Å²) in [6, 6.07) is 0. The summed E-state index contributed by atoms with van der Waals surface area (Å²) in [7, 11) is 0. The molecule has 2 N–H and O–H groups in total. The monoisotopic (exact) mass is 292 g/mol. The van der Waals surface area contributed by atoms with Gasteiger partial charge in [0.1, 0.15) is 23.0 Å². The molecule has 0 saturated carbocycles. The van der Waals surface area contributed by atoms with E-state index in [1.807, 2.05) is 0 Å². The van der Waals surface area contributed by atoms with Gasteiger partial charge in [0.15, 0.2) is 11.6 Å². The number of carbonyl (C=O) groups excluding carboxylic acids is 2. The average Bonchev–Trinajstić information content (AvgIpc) is 2.56. The topological polar surface area (TPSA) is 87.7 Å². The summed E-state index contributed by atoms with van der Waals surface area (Å²) in [4.78, 5) is 23.4. The number of Topliss-reactive ketones (excluding diaryl/α,β-unsaturated/α-hetero) is 2. The van der Waals surface area contributed by atoms with Gasteiger partial charge in [-0.05, 0) is 41.5 Å². The van der Waals surface area contributed by atoms with Crippen LogP contribution in [0.5, 0.6) is 0 Å². The van der Waals surface area contributed by atoms with E-state index in [9.17, 15) is 19.8 Å². The van der Waals surface area contributed by atoms with E-state index < -0.39 is 0 Å². The number of aryl methyl sites for hydroxylation is 1. The largest absolute Gasteiger partial charge is 0.512 e. The van der Waals surface area contributed by atoms with Crippen molar-refractivity contribution >= 4 is 22.7 Å². The molecule has 1 aromatic heterocycles. The third kappa shape index (κ3) is 3.07.